The Kier molecular flexibility index (Phi) is 2.31. The second-order valence-corrected chi connectivity index (χ2v) is 3.71. The van der Waals surface area contributed by atoms with E-state index in [1.54, 1.807) is 0 Å². The zero-order chi connectivity index (χ0) is 11.0. The molecule has 78 valence electrons. The summed E-state index contributed by atoms with van der Waals surface area (Å²) in [6.07, 6.45) is 0. The summed E-state index contributed by atoms with van der Waals surface area (Å²) >= 11 is 3.08. The first-order valence-electron chi connectivity index (χ1n) is 3.95. The van der Waals surface area contributed by atoms with Gasteiger partial charge in [0.15, 0.2) is 0 Å². The van der Waals surface area contributed by atoms with Crippen molar-refractivity contribution in [2.24, 2.45) is 0 Å². The van der Waals surface area contributed by atoms with E-state index < -0.39 is 17.2 Å². The first kappa shape index (κ1) is 9.91. The molecule has 2 rings (SSSR count). The predicted molar refractivity (Wildman–Crippen MR) is 54.7 cm³/mol. The van der Waals surface area contributed by atoms with E-state index in [1.807, 2.05) is 0 Å². The van der Waals surface area contributed by atoms with Crippen LogP contribution in [-0.4, -0.2) is 14.8 Å². The van der Waals surface area contributed by atoms with Crippen molar-refractivity contribution in [2.45, 2.75) is 0 Å². The van der Waals surface area contributed by atoms with Crippen LogP contribution in [0.15, 0.2) is 32.3 Å². The van der Waals surface area contributed by atoms with Crippen LogP contribution in [0, 0.1) is 5.82 Å². The number of aromatic nitrogens is 3. The van der Waals surface area contributed by atoms with E-state index in [9.17, 15) is 14.0 Å². The number of halogens is 2. The van der Waals surface area contributed by atoms with Gasteiger partial charge in [-0.2, -0.15) is 0 Å². The molecule has 1 aromatic carbocycles. The lowest BCUT2D eigenvalue weighted by atomic mass is 10.3. The van der Waals surface area contributed by atoms with Gasteiger partial charge in [0.1, 0.15) is 5.82 Å². The first-order chi connectivity index (χ1) is 7.09. The Labute approximate surface area is 90.7 Å². The average Bonchev–Trinajstić information content (AvgIpc) is 2.48. The fourth-order valence-corrected chi connectivity index (χ4v) is 1.53. The van der Waals surface area contributed by atoms with E-state index in [-0.39, 0.29) is 5.69 Å². The third-order valence-corrected chi connectivity index (χ3v) is 2.33. The third kappa shape index (κ3) is 1.65. The lowest BCUT2D eigenvalue weighted by molar-refractivity contribution is 0.613. The second-order valence-electron chi connectivity index (χ2n) is 2.79. The zero-order valence-corrected chi connectivity index (χ0v) is 8.84. The highest BCUT2D eigenvalue weighted by Crippen LogP contribution is 2.16. The highest BCUT2D eigenvalue weighted by Gasteiger charge is 2.10. The maximum absolute atomic E-state index is 13.4. The molecule has 15 heavy (non-hydrogen) atoms. The highest BCUT2D eigenvalue weighted by atomic mass is 79.9. The SMILES string of the molecule is O=c1[nH][nH]c(=O)n1-c1ccc(Br)cc1F. The van der Waals surface area contributed by atoms with Crippen LogP contribution in [0.5, 0.6) is 0 Å². The molecule has 1 aromatic heterocycles. The van der Waals surface area contributed by atoms with Crippen molar-refractivity contribution in [1.29, 1.82) is 0 Å². The zero-order valence-electron chi connectivity index (χ0n) is 7.25. The molecule has 0 radical (unpaired) electrons. The maximum atomic E-state index is 13.4. The van der Waals surface area contributed by atoms with Crippen molar-refractivity contribution in [3.8, 4) is 5.69 Å². The Morgan fingerprint density at radius 2 is 1.80 bits per heavy atom. The molecule has 0 atom stereocenters. The summed E-state index contributed by atoms with van der Waals surface area (Å²) in [5.74, 6) is -0.656. The normalized spacial score (nSPS) is 10.5. The van der Waals surface area contributed by atoms with Crippen LogP contribution < -0.4 is 11.4 Å². The Morgan fingerprint density at radius 1 is 1.20 bits per heavy atom. The largest absolute Gasteiger partial charge is 0.349 e. The van der Waals surface area contributed by atoms with Gasteiger partial charge in [-0.25, -0.2) is 28.7 Å². The van der Waals surface area contributed by atoms with Gasteiger partial charge in [-0.3, -0.25) is 0 Å². The second kappa shape index (κ2) is 3.50. The average molecular weight is 274 g/mol. The number of nitrogens with zero attached hydrogens (tertiary/aromatic N) is 1. The quantitative estimate of drug-likeness (QED) is 0.805. The third-order valence-electron chi connectivity index (χ3n) is 1.83. The van der Waals surface area contributed by atoms with Crippen LogP contribution in [0.1, 0.15) is 0 Å². The first-order valence-corrected chi connectivity index (χ1v) is 4.74. The number of rotatable bonds is 1. The standard InChI is InChI=1S/C8H5BrFN3O2/c9-4-1-2-6(5(10)3-4)13-7(14)11-12-8(13)15/h1-3H,(H,11,14)(H,12,15). The van der Waals surface area contributed by atoms with Gasteiger partial charge < -0.3 is 0 Å². The van der Waals surface area contributed by atoms with Crippen LogP contribution in [-0.2, 0) is 0 Å². The lowest BCUT2D eigenvalue weighted by Crippen LogP contribution is -2.25. The van der Waals surface area contributed by atoms with Crippen molar-refractivity contribution < 1.29 is 4.39 Å². The predicted octanol–water partition coefficient (Wildman–Crippen LogP) is 0.755. The summed E-state index contributed by atoms with van der Waals surface area (Å²) in [5, 5.41) is 4.14. The molecule has 2 aromatic rings. The Morgan fingerprint density at radius 3 is 2.33 bits per heavy atom. The van der Waals surface area contributed by atoms with Crippen LogP contribution in [0.2, 0.25) is 0 Å². The molecule has 0 aliphatic rings. The van der Waals surface area contributed by atoms with E-state index >= 15 is 0 Å². The fraction of sp³-hybridized carbons (Fsp3) is 0. The minimum Gasteiger partial charge on any atom is -0.247 e. The van der Waals surface area contributed by atoms with Crippen molar-refractivity contribution in [3.63, 3.8) is 0 Å². The van der Waals surface area contributed by atoms with Crippen LogP contribution in [0.4, 0.5) is 4.39 Å². The number of aromatic amines is 2. The minimum absolute atomic E-state index is 0.0919. The summed E-state index contributed by atoms with van der Waals surface area (Å²) in [4.78, 5) is 22.4. The van der Waals surface area contributed by atoms with Gasteiger partial charge >= 0.3 is 11.4 Å². The molecular weight excluding hydrogens is 269 g/mol. The smallest absolute Gasteiger partial charge is 0.247 e. The van der Waals surface area contributed by atoms with Crippen molar-refractivity contribution in [2.75, 3.05) is 0 Å². The van der Waals surface area contributed by atoms with Gasteiger partial charge in [0.25, 0.3) is 0 Å². The van der Waals surface area contributed by atoms with Gasteiger partial charge in [-0.05, 0) is 18.2 Å². The summed E-state index contributed by atoms with van der Waals surface area (Å²) in [6, 6.07) is 4.05. The Hall–Kier alpha value is -1.63. The van der Waals surface area contributed by atoms with Gasteiger partial charge in [0, 0.05) is 4.47 Å². The molecule has 0 saturated heterocycles. The molecule has 5 nitrogen and oxygen atoms in total. The van der Waals surface area contributed by atoms with E-state index in [0.717, 1.165) is 0 Å². The molecule has 0 aliphatic heterocycles. The van der Waals surface area contributed by atoms with Gasteiger partial charge in [-0.15, -0.1) is 0 Å². The van der Waals surface area contributed by atoms with Crippen molar-refractivity contribution in [1.82, 2.24) is 14.8 Å². The molecule has 0 spiro atoms. The molecule has 0 bridgehead atoms. The summed E-state index contributed by atoms with van der Waals surface area (Å²) in [5.41, 5.74) is -1.51. The monoisotopic (exact) mass is 273 g/mol. The summed E-state index contributed by atoms with van der Waals surface area (Å²) < 4.78 is 14.6. The molecule has 0 unspecified atom stereocenters. The van der Waals surface area contributed by atoms with Crippen LogP contribution in [0.25, 0.3) is 5.69 Å². The van der Waals surface area contributed by atoms with E-state index in [0.29, 0.717) is 9.04 Å². The number of hydrogen-bond acceptors (Lipinski definition) is 2. The topological polar surface area (TPSA) is 70.7 Å². The molecule has 0 aliphatic carbocycles. The van der Waals surface area contributed by atoms with Gasteiger partial charge in [0.2, 0.25) is 0 Å². The number of hydrogen-bond donors (Lipinski definition) is 2. The van der Waals surface area contributed by atoms with Crippen molar-refractivity contribution in [3.05, 3.63) is 49.5 Å². The molecule has 2 N–H and O–H groups in total. The molecular formula is C8H5BrFN3O2. The molecule has 7 heteroatoms. The van der Waals surface area contributed by atoms with E-state index in [4.69, 9.17) is 0 Å². The molecule has 1 heterocycles. The molecule has 0 fully saturated rings. The van der Waals surface area contributed by atoms with Gasteiger partial charge in [0.05, 0.1) is 5.69 Å². The van der Waals surface area contributed by atoms with Crippen LogP contribution in [0.3, 0.4) is 0 Å². The van der Waals surface area contributed by atoms with Gasteiger partial charge in [-0.1, -0.05) is 15.9 Å². The molecule has 0 saturated carbocycles. The van der Waals surface area contributed by atoms with E-state index in [2.05, 4.69) is 26.1 Å². The number of H-pyrrole nitrogens is 2. The summed E-state index contributed by atoms with van der Waals surface area (Å²) in [6.45, 7) is 0. The number of benzene rings is 1. The number of nitrogens with one attached hydrogen (secondary N) is 2. The van der Waals surface area contributed by atoms with Crippen molar-refractivity contribution >= 4 is 15.9 Å². The highest BCUT2D eigenvalue weighted by molar-refractivity contribution is 9.10. The molecule has 0 amide bonds. The van der Waals surface area contributed by atoms with Crippen LogP contribution >= 0.6 is 15.9 Å². The lowest BCUT2D eigenvalue weighted by Gasteiger charge is -2.00. The van der Waals surface area contributed by atoms with E-state index in [1.165, 1.54) is 18.2 Å². The fourth-order valence-electron chi connectivity index (χ4n) is 1.19. The Balaban J connectivity index is 2.75. The minimum atomic E-state index is -0.707. The Bertz CT molecular complexity index is 585. The maximum Gasteiger partial charge on any atom is 0.349 e. The summed E-state index contributed by atoms with van der Waals surface area (Å²) in [7, 11) is 0.